The van der Waals surface area contributed by atoms with Crippen LogP contribution in [0.4, 0.5) is 0 Å². The molecule has 0 saturated carbocycles. The number of unbranched alkanes of at least 4 members (excludes halogenated alkanes) is 5. The first kappa shape index (κ1) is 19.3. The van der Waals surface area contributed by atoms with Gasteiger partial charge in [0, 0.05) is 0 Å². The highest BCUT2D eigenvalue weighted by molar-refractivity contribution is 7.91. The first-order valence-electron chi connectivity index (χ1n) is 7.57. The Morgan fingerprint density at radius 3 is 1.95 bits per heavy atom. The molecule has 0 N–H and O–H groups in total. The Balaban J connectivity index is 3.44. The maximum absolute atomic E-state index is 11.6. The lowest BCUT2D eigenvalue weighted by molar-refractivity contribution is 0.579. The van der Waals surface area contributed by atoms with Crippen molar-refractivity contribution in [1.29, 1.82) is 0 Å². The average Bonchev–Trinajstić information content (AvgIpc) is 2.38. The Hall–Kier alpha value is 0.260. The molecule has 0 aliphatic rings. The van der Waals surface area contributed by atoms with Gasteiger partial charge in [0.15, 0.2) is 0 Å². The van der Waals surface area contributed by atoms with Gasteiger partial charge in [-0.25, -0.2) is 8.42 Å². The monoisotopic (exact) mass is 310 g/mol. The third kappa shape index (κ3) is 13.0. The van der Waals surface area contributed by atoms with E-state index in [0.29, 0.717) is 11.5 Å². The Morgan fingerprint density at radius 2 is 1.32 bits per heavy atom. The number of rotatable bonds is 13. The van der Waals surface area contributed by atoms with E-state index >= 15 is 0 Å². The first-order chi connectivity index (χ1) is 9.02. The van der Waals surface area contributed by atoms with Gasteiger partial charge in [-0.2, -0.15) is 0 Å². The second-order valence-corrected chi connectivity index (χ2v) is 9.12. The molecule has 0 aromatic carbocycles. The van der Waals surface area contributed by atoms with Gasteiger partial charge in [-0.1, -0.05) is 44.3 Å². The minimum absolute atomic E-state index is 0.325. The van der Waals surface area contributed by atoms with E-state index < -0.39 is 21.0 Å². The summed E-state index contributed by atoms with van der Waals surface area (Å²) in [7, 11) is -2.82. The SMILES string of the molecule is CCCC[S+]([O-])CCCCCCS(=O)(=O)CCCC. The Labute approximate surface area is 122 Å². The Bertz CT molecular complexity index is 289. The molecule has 1 unspecified atom stereocenters. The van der Waals surface area contributed by atoms with Crippen molar-refractivity contribution < 1.29 is 13.0 Å². The maximum atomic E-state index is 11.6. The summed E-state index contributed by atoms with van der Waals surface area (Å²) in [6.07, 6.45) is 7.52. The molecule has 0 amide bonds. The van der Waals surface area contributed by atoms with Crippen molar-refractivity contribution in [2.75, 3.05) is 23.0 Å². The minimum Gasteiger partial charge on any atom is -0.616 e. The molecule has 19 heavy (non-hydrogen) atoms. The van der Waals surface area contributed by atoms with Crippen LogP contribution in [0.15, 0.2) is 0 Å². The molecule has 0 aliphatic carbocycles. The lowest BCUT2D eigenvalue weighted by Gasteiger charge is -2.10. The maximum Gasteiger partial charge on any atom is 0.150 e. The largest absolute Gasteiger partial charge is 0.616 e. The zero-order valence-corrected chi connectivity index (χ0v) is 14.2. The normalized spacial score (nSPS) is 13.6. The zero-order chi connectivity index (χ0) is 14.6. The summed E-state index contributed by atoms with van der Waals surface area (Å²) >= 11 is -0.665. The molecule has 3 nitrogen and oxygen atoms in total. The predicted molar refractivity (Wildman–Crippen MR) is 84.8 cm³/mol. The van der Waals surface area contributed by atoms with Crippen LogP contribution in [0.3, 0.4) is 0 Å². The van der Waals surface area contributed by atoms with Crippen molar-refractivity contribution >= 4 is 21.0 Å². The van der Waals surface area contributed by atoms with Gasteiger partial charge in [0.1, 0.15) is 21.3 Å². The van der Waals surface area contributed by atoms with Crippen LogP contribution in [-0.2, 0) is 21.0 Å². The van der Waals surface area contributed by atoms with Crippen LogP contribution in [0.5, 0.6) is 0 Å². The summed E-state index contributed by atoms with van der Waals surface area (Å²) in [5, 5.41) is 0. The highest BCUT2D eigenvalue weighted by atomic mass is 32.2. The molecular formula is C14H30O3S2. The van der Waals surface area contributed by atoms with Gasteiger partial charge in [-0.15, -0.1) is 0 Å². The molecule has 5 heteroatoms. The molecule has 0 aliphatic heterocycles. The summed E-state index contributed by atoms with van der Waals surface area (Å²) in [6, 6.07) is 0. The molecule has 0 bridgehead atoms. The third-order valence-electron chi connectivity index (χ3n) is 3.11. The molecule has 0 aromatic rings. The van der Waals surface area contributed by atoms with Crippen molar-refractivity contribution in [2.45, 2.75) is 65.2 Å². The van der Waals surface area contributed by atoms with Gasteiger partial charge in [0.2, 0.25) is 0 Å². The minimum atomic E-state index is -2.82. The molecular weight excluding hydrogens is 280 g/mol. The summed E-state index contributed by atoms with van der Waals surface area (Å²) < 4.78 is 34.7. The van der Waals surface area contributed by atoms with E-state index in [2.05, 4.69) is 6.92 Å². The van der Waals surface area contributed by atoms with Crippen molar-refractivity contribution in [3.05, 3.63) is 0 Å². The number of hydrogen-bond acceptors (Lipinski definition) is 3. The predicted octanol–water partition coefficient (Wildman–Crippen LogP) is 3.31. The molecule has 0 fully saturated rings. The summed E-state index contributed by atoms with van der Waals surface area (Å²) in [5.41, 5.74) is 0. The molecule has 116 valence electrons. The zero-order valence-electron chi connectivity index (χ0n) is 12.5. The fourth-order valence-electron chi connectivity index (χ4n) is 1.81. The quantitative estimate of drug-likeness (QED) is 0.387. The van der Waals surface area contributed by atoms with Gasteiger partial charge in [0.25, 0.3) is 0 Å². The first-order valence-corrected chi connectivity index (χ1v) is 10.9. The number of hydrogen-bond donors (Lipinski definition) is 0. The van der Waals surface area contributed by atoms with Crippen LogP contribution >= 0.6 is 0 Å². The average molecular weight is 311 g/mol. The highest BCUT2D eigenvalue weighted by Crippen LogP contribution is 2.07. The van der Waals surface area contributed by atoms with E-state index in [1.165, 1.54) is 0 Å². The summed E-state index contributed by atoms with van der Waals surface area (Å²) in [4.78, 5) is 0. The van der Waals surface area contributed by atoms with Gasteiger partial charge in [0.05, 0.1) is 11.5 Å². The molecule has 0 saturated heterocycles. The van der Waals surface area contributed by atoms with Gasteiger partial charge >= 0.3 is 0 Å². The topological polar surface area (TPSA) is 57.2 Å². The number of sulfone groups is 1. The van der Waals surface area contributed by atoms with E-state index in [0.717, 1.165) is 62.9 Å². The van der Waals surface area contributed by atoms with E-state index in [1.54, 1.807) is 0 Å². The fraction of sp³-hybridized carbons (Fsp3) is 1.00. The molecule has 0 radical (unpaired) electrons. The summed E-state index contributed by atoms with van der Waals surface area (Å²) in [5.74, 6) is 2.26. The van der Waals surface area contributed by atoms with Crippen LogP contribution in [-0.4, -0.2) is 36.0 Å². The second kappa shape index (κ2) is 12.0. The van der Waals surface area contributed by atoms with E-state index in [4.69, 9.17) is 0 Å². The summed E-state index contributed by atoms with van der Waals surface area (Å²) in [6.45, 7) is 4.12. The van der Waals surface area contributed by atoms with Crippen LogP contribution in [0.25, 0.3) is 0 Å². The van der Waals surface area contributed by atoms with E-state index in [9.17, 15) is 13.0 Å². The van der Waals surface area contributed by atoms with Crippen LogP contribution < -0.4 is 0 Å². The lowest BCUT2D eigenvalue weighted by atomic mass is 10.2. The van der Waals surface area contributed by atoms with Crippen molar-refractivity contribution in [2.24, 2.45) is 0 Å². The third-order valence-corrected chi connectivity index (χ3v) is 6.42. The van der Waals surface area contributed by atoms with Gasteiger partial charge in [-0.3, -0.25) is 0 Å². The van der Waals surface area contributed by atoms with Crippen molar-refractivity contribution in [1.82, 2.24) is 0 Å². The van der Waals surface area contributed by atoms with Crippen molar-refractivity contribution in [3.8, 4) is 0 Å². The standard InChI is InChI=1S/C14H30O3S2/c1-3-5-11-18(15)12-9-7-8-10-14-19(16,17)13-6-4-2/h3-14H2,1-2H3. The lowest BCUT2D eigenvalue weighted by Crippen LogP contribution is -2.12. The smallest absolute Gasteiger partial charge is 0.150 e. The van der Waals surface area contributed by atoms with Gasteiger partial charge < -0.3 is 4.55 Å². The van der Waals surface area contributed by atoms with Gasteiger partial charge in [-0.05, 0) is 32.1 Å². The highest BCUT2D eigenvalue weighted by Gasteiger charge is 2.09. The molecule has 0 aromatic heterocycles. The fourth-order valence-corrected chi connectivity index (χ4v) is 4.73. The Morgan fingerprint density at radius 1 is 0.789 bits per heavy atom. The van der Waals surface area contributed by atoms with E-state index in [1.807, 2.05) is 6.92 Å². The van der Waals surface area contributed by atoms with Crippen LogP contribution in [0.1, 0.15) is 65.2 Å². The van der Waals surface area contributed by atoms with Crippen LogP contribution in [0, 0.1) is 0 Å². The second-order valence-electron chi connectivity index (χ2n) is 5.12. The van der Waals surface area contributed by atoms with Crippen LogP contribution in [0.2, 0.25) is 0 Å². The molecule has 0 heterocycles. The van der Waals surface area contributed by atoms with Crippen molar-refractivity contribution in [3.63, 3.8) is 0 Å². The Kier molecular flexibility index (Phi) is 12.2. The molecule has 0 spiro atoms. The molecule has 0 rings (SSSR count). The molecule has 1 atom stereocenters. The van der Waals surface area contributed by atoms with E-state index in [-0.39, 0.29) is 0 Å².